The molecule has 0 spiro atoms. The number of carbonyl (C=O) groups excluding carboxylic acids is 1. The average Bonchev–Trinajstić information content (AvgIpc) is 3.34. The second-order valence-electron chi connectivity index (χ2n) is 8.44. The quantitative estimate of drug-likeness (QED) is 0.623. The van der Waals surface area contributed by atoms with E-state index in [0.717, 1.165) is 29.0 Å². The number of allylic oxidation sites excluding steroid dienone is 2. The molecule has 6 nitrogen and oxygen atoms in total. The third-order valence-electron chi connectivity index (χ3n) is 5.46. The van der Waals surface area contributed by atoms with Gasteiger partial charge in [-0.2, -0.15) is 4.98 Å². The number of nitrogens with one attached hydrogen (secondary N) is 2. The molecule has 0 fully saturated rings. The maximum absolute atomic E-state index is 13.1. The van der Waals surface area contributed by atoms with Gasteiger partial charge in [-0.25, -0.2) is 4.68 Å². The molecule has 2 N–H and O–H groups in total. The minimum Gasteiger partial charge on any atom is -0.367 e. The summed E-state index contributed by atoms with van der Waals surface area (Å²) in [6.45, 7) is 4.28. The Morgan fingerprint density at radius 3 is 2.79 bits per heavy atom. The Kier molecular flexibility index (Phi) is 4.35. The summed E-state index contributed by atoms with van der Waals surface area (Å²) in [6, 6.07) is 12.1. The fraction of sp³-hybridized carbons (Fsp3) is 0.318. The molecule has 0 amide bonds. The van der Waals surface area contributed by atoms with E-state index in [4.69, 9.17) is 10.1 Å². The van der Waals surface area contributed by atoms with Crippen LogP contribution >= 0.6 is 11.8 Å². The van der Waals surface area contributed by atoms with Crippen molar-refractivity contribution in [3.63, 3.8) is 0 Å². The number of H-pyrrole nitrogens is 1. The number of fused-ring (bicyclic) bond motifs is 1. The maximum atomic E-state index is 13.1. The molecule has 0 radical (unpaired) electrons. The van der Waals surface area contributed by atoms with Crippen molar-refractivity contribution in [1.29, 1.82) is 0 Å². The lowest BCUT2D eigenvalue weighted by Gasteiger charge is -2.37. The minimum absolute atomic E-state index is 0.0569. The maximum Gasteiger partial charge on any atom is 0.227 e. The number of anilines is 1. The van der Waals surface area contributed by atoms with Crippen molar-refractivity contribution in [2.24, 2.45) is 5.41 Å². The van der Waals surface area contributed by atoms with Crippen molar-refractivity contribution in [2.45, 2.75) is 43.6 Å². The Hall–Kier alpha value is -2.80. The Balaban J connectivity index is 1.51. The van der Waals surface area contributed by atoms with Crippen LogP contribution in [-0.4, -0.2) is 25.5 Å². The van der Waals surface area contributed by atoms with Gasteiger partial charge in [0.25, 0.3) is 0 Å². The summed E-state index contributed by atoms with van der Waals surface area (Å²) in [4.78, 5) is 21.0. The number of aromatic amines is 1. The topological polar surface area (TPSA) is 75.6 Å². The number of ketones is 1. The van der Waals surface area contributed by atoms with Crippen LogP contribution in [0.3, 0.4) is 0 Å². The van der Waals surface area contributed by atoms with Crippen molar-refractivity contribution in [2.75, 3.05) is 5.32 Å². The van der Waals surface area contributed by atoms with E-state index in [1.807, 2.05) is 41.3 Å². The van der Waals surface area contributed by atoms with E-state index in [1.165, 1.54) is 5.56 Å². The molecule has 29 heavy (non-hydrogen) atoms. The molecule has 1 aliphatic heterocycles. The normalized spacial score (nSPS) is 20.2. The third-order valence-corrected chi connectivity index (χ3v) is 6.37. The summed E-state index contributed by atoms with van der Waals surface area (Å²) in [7, 11) is 0. The summed E-state index contributed by atoms with van der Waals surface area (Å²) in [5, 5.41) is 8.90. The zero-order valence-electron chi connectivity index (χ0n) is 16.5. The standard InChI is InChI=1S/C22H23N5OS/c1-22(2)10-16-18(17(28)11-22)19(15-8-9-23-12-15)27-20(24-16)25-21(26-27)29-13-14-6-4-3-5-7-14/h3-9,12,19,23H,10-11,13H2,1-2H3,(H,24,25,26). The summed E-state index contributed by atoms with van der Waals surface area (Å²) < 4.78 is 1.87. The molecule has 5 rings (SSSR count). The van der Waals surface area contributed by atoms with Gasteiger partial charge in [-0.1, -0.05) is 55.9 Å². The van der Waals surface area contributed by atoms with Crippen LogP contribution in [0.5, 0.6) is 0 Å². The first-order valence-corrected chi connectivity index (χ1v) is 10.8. The van der Waals surface area contributed by atoms with Crippen molar-refractivity contribution in [1.82, 2.24) is 19.7 Å². The molecule has 1 unspecified atom stereocenters. The second kappa shape index (κ2) is 6.91. The molecule has 0 bridgehead atoms. The van der Waals surface area contributed by atoms with E-state index >= 15 is 0 Å². The van der Waals surface area contributed by atoms with Gasteiger partial charge in [0, 0.05) is 35.8 Å². The highest BCUT2D eigenvalue weighted by atomic mass is 32.2. The number of benzene rings is 1. The SMILES string of the molecule is CC1(C)CC(=O)C2=C(C1)Nc1nc(SCc3ccccc3)nn1C2c1cc[nH]c1. The van der Waals surface area contributed by atoms with E-state index in [-0.39, 0.29) is 17.2 Å². The van der Waals surface area contributed by atoms with E-state index in [2.05, 4.69) is 36.3 Å². The summed E-state index contributed by atoms with van der Waals surface area (Å²) >= 11 is 1.61. The molecular weight excluding hydrogens is 382 g/mol. The Morgan fingerprint density at radius 2 is 2.03 bits per heavy atom. The van der Waals surface area contributed by atoms with E-state index in [0.29, 0.717) is 17.5 Å². The molecule has 2 aliphatic rings. The van der Waals surface area contributed by atoms with Gasteiger partial charge in [0.1, 0.15) is 6.04 Å². The molecule has 2 aromatic heterocycles. The summed E-state index contributed by atoms with van der Waals surface area (Å²) in [6.07, 6.45) is 5.20. The molecule has 7 heteroatoms. The minimum atomic E-state index is -0.241. The summed E-state index contributed by atoms with van der Waals surface area (Å²) in [5.74, 6) is 1.70. The van der Waals surface area contributed by atoms with Crippen LogP contribution in [0.15, 0.2) is 65.2 Å². The Bertz CT molecular complexity index is 1080. The van der Waals surface area contributed by atoms with Crippen LogP contribution in [0.2, 0.25) is 0 Å². The molecule has 0 saturated carbocycles. The fourth-order valence-electron chi connectivity index (χ4n) is 4.19. The molecule has 148 valence electrons. The number of aromatic nitrogens is 4. The predicted octanol–water partition coefficient (Wildman–Crippen LogP) is 4.56. The first kappa shape index (κ1) is 18.2. The highest BCUT2D eigenvalue weighted by Gasteiger charge is 2.41. The van der Waals surface area contributed by atoms with E-state index in [9.17, 15) is 4.79 Å². The number of carbonyl (C=O) groups is 1. The molecular formula is C22H23N5OS. The molecule has 1 aliphatic carbocycles. The lowest BCUT2D eigenvalue weighted by molar-refractivity contribution is -0.118. The number of rotatable bonds is 4. The van der Waals surface area contributed by atoms with Gasteiger partial charge in [-0.3, -0.25) is 4.79 Å². The van der Waals surface area contributed by atoms with Gasteiger partial charge in [0.15, 0.2) is 5.78 Å². The Labute approximate surface area is 173 Å². The lowest BCUT2D eigenvalue weighted by atomic mass is 9.73. The fourth-order valence-corrected chi connectivity index (χ4v) is 4.97. The van der Waals surface area contributed by atoms with Crippen molar-refractivity contribution < 1.29 is 4.79 Å². The number of hydrogen-bond donors (Lipinski definition) is 2. The van der Waals surface area contributed by atoms with Gasteiger partial charge >= 0.3 is 0 Å². The monoisotopic (exact) mass is 405 g/mol. The largest absolute Gasteiger partial charge is 0.367 e. The highest BCUT2D eigenvalue weighted by Crippen LogP contribution is 2.45. The first-order chi connectivity index (χ1) is 14.0. The van der Waals surface area contributed by atoms with Gasteiger partial charge < -0.3 is 10.3 Å². The van der Waals surface area contributed by atoms with Crippen molar-refractivity contribution in [3.8, 4) is 0 Å². The Morgan fingerprint density at radius 1 is 1.21 bits per heavy atom. The van der Waals surface area contributed by atoms with Crippen LogP contribution in [0.1, 0.15) is 43.9 Å². The van der Waals surface area contributed by atoms with Crippen LogP contribution < -0.4 is 5.32 Å². The smallest absolute Gasteiger partial charge is 0.227 e. The molecule has 0 saturated heterocycles. The second-order valence-corrected chi connectivity index (χ2v) is 9.38. The third kappa shape index (κ3) is 3.40. The molecule has 1 aromatic carbocycles. The van der Waals surface area contributed by atoms with Crippen molar-refractivity contribution in [3.05, 3.63) is 71.2 Å². The molecule has 3 heterocycles. The predicted molar refractivity (Wildman–Crippen MR) is 114 cm³/mol. The zero-order valence-corrected chi connectivity index (χ0v) is 17.3. The van der Waals surface area contributed by atoms with Crippen LogP contribution in [0, 0.1) is 5.41 Å². The van der Waals surface area contributed by atoms with Gasteiger partial charge in [0.05, 0.1) is 0 Å². The van der Waals surface area contributed by atoms with Crippen LogP contribution in [-0.2, 0) is 10.5 Å². The van der Waals surface area contributed by atoms with Crippen molar-refractivity contribution >= 4 is 23.5 Å². The lowest BCUT2D eigenvalue weighted by Crippen LogP contribution is -2.36. The van der Waals surface area contributed by atoms with Gasteiger partial charge in [-0.15, -0.1) is 5.10 Å². The summed E-state index contributed by atoms with van der Waals surface area (Å²) in [5.41, 5.74) is 4.00. The number of nitrogens with zero attached hydrogens (tertiary/aromatic N) is 3. The number of Topliss-reactive ketones (excluding diaryl/α,β-unsaturated/α-hetero) is 1. The number of hydrogen-bond acceptors (Lipinski definition) is 5. The van der Waals surface area contributed by atoms with Gasteiger partial charge in [0.2, 0.25) is 11.1 Å². The first-order valence-electron chi connectivity index (χ1n) is 9.79. The highest BCUT2D eigenvalue weighted by molar-refractivity contribution is 7.98. The molecule has 3 aromatic rings. The van der Waals surface area contributed by atoms with Crippen LogP contribution in [0.4, 0.5) is 5.95 Å². The van der Waals surface area contributed by atoms with Crippen LogP contribution in [0.25, 0.3) is 0 Å². The van der Waals surface area contributed by atoms with Gasteiger partial charge in [-0.05, 0) is 29.0 Å². The molecule has 1 atom stereocenters. The van der Waals surface area contributed by atoms with E-state index in [1.54, 1.807) is 11.8 Å². The number of thioether (sulfide) groups is 1. The van der Waals surface area contributed by atoms with E-state index < -0.39 is 0 Å². The zero-order chi connectivity index (χ0) is 20.0. The average molecular weight is 406 g/mol.